The maximum atomic E-state index is 12.1. The standard InChI is InChI=1S/C13H26N2O3S/c1-12(2,3)9-13(4,5)15-7-10(6-11(15)16)8-19(14,17)18/h10H,6-9H2,1-5H3,(H2,14,17,18). The molecule has 112 valence electrons. The Morgan fingerprint density at radius 1 is 1.26 bits per heavy atom. The number of hydrogen-bond donors (Lipinski definition) is 1. The van der Waals surface area contributed by atoms with Crippen LogP contribution in [0.3, 0.4) is 0 Å². The van der Waals surface area contributed by atoms with Gasteiger partial charge in [0.05, 0.1) is 5.75 Å². The maximum absolute atomic E-state index is 12.1. The summed E-state index contributed by atoms with van der Waals surface area (Å²) in [7, 11) is -3.51. The zero-order valence-electron chi connectivity index (χ0n) is 12.6. The van der Waals surface area contributed by atoms with Gasteiger partial charge in [-0.25, -0.2) is 13.6 Å². The molecule has 0 saturated carbocycles. The van der Waals surface area contributed by atoms with E-state index in [1.807, 2.05) is 18.7 Å². The number of amides is 1. The van der Waals surface area contributed by atoms with E-state index in [0.717, 1.165) is 6.42 Å². The fourth-order valence-corrected chi connectivity index (χ4v) is 4.08. The first-order valence-electron chi connectivity index (χ1n) is 6.61. The molecule has 19 heavy (non-hydrogen) atoms. The molecule has 1 saturated heterocycles. The number of rotatable bonds is 4. The average Bonchev–Trinajstić information content (AvgIpc) is 2.38. The van der Waals surface area contributed by atoms with Gasteiger partial charge in [0, 0.05) is 24.4 Å². The van der Waals surface area contributed by atoms with E-state index in [1.165, 1.54) is 0 Å². The summed E-state index contributed by atoms with van der Waals surface area (Å²) in [5, 5.41) is 5.06. The largest absolute Gasteiger partial charge is 0.337 e. The van der Waals surface area contributed by atoms with Crippen molar-refractivity contribution >= 4 is 15.9 Å². The van der Waals surface area contributed by atoms with Crippen molar-refractivity contribution in [1.29, 1.82) is 0 Å². The van der Waals surface area contributed by atoms with Crippen molar-refractivity contribution in [2.75, 3.05) is 12.3 Å². The highest BCUT2D eigenvalue weighted by atomic mass is 32.2. The molecular weight excluding hydrogens is 264 g/mol. The second kappa shape index (κ2) is 5.05. The number of hydrogen-bond acceptors (Lipinski definition) is 3. The van der Waals surface area contributed by atoms with Gasteiger partial charge >= 0.3 is 0 Å². The highest BCUT2D eigenvalue weighted by Crippen LogP contribution is 2.35. The van der Waals surface area contributed by atoms with Gasteiger partial charge in [0.1, 0.15) is 0 Å². The molecule has 0 aromatic heterocycles. The Bertz CT molecular complexity index is 449. The predicted molar refractivity (Wildman–Crippen MR) is 75.9 cm³/mol. The monoisotopic (exact) mass is 290 g/mol. The van der Waals surface area contributed by atoms with E-state index >= 15 is 0 Å². The van der Waals surface area contributed by atoms with E-state index in [-0.39, 0.29) is 35.0 Å². The summed E-state index contributed by atoms with van der Waals surface area (Å²) in [5.41, 5.74) is -0.149. The number of carbonyl (C=O) groups excluding carboxylic acids is 1. The quantitative estimate of drug-likeness (QED) is 0.848. The minimum Gasteiger partial charge on any atom is -0.337 e. The van der Waals surface area contributed by atoms with E-state index in [0.29, 0.717) is 6.54 Å². The third-order valence-corrected chi connectivity index (χ3v) is 4.30. The van der Waals surface area contributed by atoms with Crippen molar-refractivity contribution in [3.63, 3.8) is 0 Å². The smallest absolute Gasteiger partial charge is 0.223 e. The third kappa shape index (κ3) is 5.10. The number of nitrogens with two attached hydrogens (primary N) is 1. The summed E-state index contributed by atoms with van der Waals surface area (Å²) in [6, 6.07) is 0. The summed E-state index contributed by atoms with van der Waals surface area (Å²) in [4.78, 5) is 13.9. The molecule has 1 rings (SSSR count). The molecule has 2 N–H and O–H groups in total. The minimum absolute atomic E-state index is 0.0305. The zero-order valence-corrected chi connectivity index (χ0v) is 13.4. The molecule has 5 nitrogen and oxygen atoms in total. The number of carbonyl (C=O) groups is 1. The Hall–Kier alpha value is -0.620. The van der Waals surface area contributed by atoms with Gasteiger partial charge in [-0.15, -0.1) is 0 Å². The minimum atomic E-state index is -3.51. The molecule has 0 aliphatic carbocycles. The normalized spacial score (nSPS) is 22.1. The highest BCUT2D eigenvalue weighted by molar-refractivity contribution is 7.89. The fraction of sp³-hybridized carbons (Fsp3) is 0.923. The van der Waals surface area contributed by atoms with E-state index in [4.69, 9.17) is 5.14 Å². The molecule has 1 aliphatic heterocycles. The molecule has 1 unspecified atom stereocenters. The van der Waals surface area contributed by atoms with Crippen LogP contribution < -0.4 is 5.14 Å². The molecule has 1 amide bonds. The van der Waals surface area contributed by atoms with Gasteiger partial charge in [-0.05, 0) is 25.7 Å². The lowest BCUT2D eigenvalue weighted by Gasteiger charge is -2.40. The number of sulfonamides is 1. The molecule has 1 aliphatic rings. The lowest BCUT2D eigenvalue weighted by molar-refractivity contribution is -0.133. The number of primary sulfonamides is 1. The zero-order chi connectivity index (χ0) is 15.1. The first-order chi connectivity index (χ1) is 8.30. The summed E-state index contributed by atoms with van der Waals surface area (Å²) < 4.78 is 22.3. The second-order valence-electron chi connectivity index (χ2n) is 7.45. The number of likely N-dealkylation sites (tertiary alicyclic amines) is 1. The average molecular weight is 290 g/mol. The Labute approximate surface area is 116 Å². The van der Waals surface area contributed by atoms with Crippen molar-refractivity contribution in [2.24, 2.45) is 16.5 Å². The van der Waals surface area contributed by atoms with Gasteiger partial charge in [-0.2, -0.15) is 0 Å². The van der Waals surface area contributed by atoms with Gasteiger partial charge in [0.25, 0.3) is 0 Å². The van der Waals surface area contributed by atoms with Crippen LogP contribution in [0.2, 0.25) is 0 Å². The molecule has 0 aromatic rings. The topological polar surface area (TPSA) is 80.5 Å². The summed E-state index contributed by atoms with van der Waals surface area (Å²) in [6.07, 6.45) is 1.15. The van der Waals surface area contributed by atoms with Crippen LogP contribution in [-0.2, 0) is 14.8 Å². The molecular formula is C13H26N2O3S. The van der Waals surface area contributed by atoms with E-state index in [1.54, 1.807) is 0 Å². The molecule has 6 heteroatoms. The van der Waals surface area contributed by atoms with Gasteiger partial charge < -0.3 is 4.90 Å². The Morgan fingerprint density at radius 2 is 1.79 bits per heavy atom. The summed E-state index contributed by atoms with van der Waals surface area (Å²) in [6.45, 7) is 11.0. The molecule has 0 aromatic carbocycles. The molecule has 0 radical (unpaired) electrons. The van der Waals surface area contributed by atoms with E-state index < -0.39 is 10.0 Å². The van der Waals surface area contributed by atoms with Crippen LogP contribution in [-0.4, -0.2) is 37.1 Å². The second-order valence-corrected chi connectivity index (χ2v) is 9.11. The summed E-state index contributed by atoms with van der Waals surface area (Å²) >= 11 is 0. The van der Waals surface area contributed by atoms with Crippen molar-refractivity contribution in [3.8, 4) is 0 Å². The van der Waals surface area contributed by atoms with Crippen LogP contribution in [0.25, 0.3) is 0 Å². The first kappa shape index (κ1) is 16.4. The lowest BCUT2D eigenvalue weighted by atomic mass is 9.81. The van der Waals surface area contributed by atoms with E-state index in [2.05, 4.69) is 20.8 Å². The van der Waals surface area contributed by atoms with E-state index in [9.17, 15) is 13.2 Å². The fourth-order valence-electron chi connectivity index (χ4n) is 3.20. The molecule has 1 heterocycles. The molecule has 0 bridgehead atoms. The van der Waals surface area contributed by atoms with Crippen LogP contribution in [0.5, 0.6) is 0 Å². The van der Waals surface area contributed by atoms with Gasteiger partial charge in [0.2, 0.25) is 15.9 Å². The first-order valence-corrected chi connectivity index (χ1v) is 8.33. The van der Waals surface area contributed by atoms with Gasteiger partial charge in [-0.3, -0.25) is 4.79 Å². The van der Waals surface area contributed by atoms with Crippen molar-refractivity contribution in [3.05, 3.63) is 0 Å². The Morgan fingerprint density at radius 3 is 2.21 bits per heavy atom. The summed E-state index contributed by atoms with van der Waals surface area (Å²) in [5.74, 6) is -0.259. The number of nitrogens with zero attached hydrogens (tertiary/aromatic N) is 1. The van der Waals surface area contributed by atoms with Crippen molar-refractivity contribution in [2.45, 2.75) is 53.0 Å². The van der Waals surface area contributed by atoms with Crippen LogP contribution in [0.4, 0.5) is 0 Å². The maximum Gasteiger partial charge on any atom is 0.223 e. The van der Waals surface area contributed by atoms with Gasteiger partial charge in [-0.1, -0.05) is 20.8 Å². The van der Waals surface area contributed by atoms with Gasteiger partial charge in [0.15, 0.2) is 0 Å². The molecule has 1 fully saturated rings. The third-order valence-electron chi connectivity index (χ3n) is 3.37. The van der Waals surface area contributed by atoms with Crippen molar-refractivity contribution in [1.82, 2.24) is 4.90 Å². The van der Waals surface area contributed by atoms with Crippen LogP contribution in [0.1, 0.15) is 47.5 Å². The molecule has 0 spiro atoms. The predicted octanol–water partition coefficient (Wildman–Crippen LogP) is 1.34. The highest BCUT2D eigenvalue weighted by Gasteiger charge is 2.41. The molecule has 1 atom stereocenters. The Balaban J connectivity index is 2.78. The lowest BCUT2D eigenvalue weighted by Crippen LogP contribution is -2.47. The Kier molecular flexibility index (Phi) is 4.37. The van der Waals surface area contributed by atoms with Crippen molar-refractivity contribution < 1.29 is 13.2 Å². The SMILES string of the molecule is CC(C)(C)CC(C)(C)N1CC(CS(N)(=O)=O)CC1=O. The van der Waals surface area contributed by atoms with Crippen LogP contribution in [0.15, 0.2) is 0 Å². The van der Waals surface area contributed by atoms with Crippen LogP contribution in [0, 0.1) is 11.3 Å². The van der Waals surface area contributed by atoms with Crippen LogP contribution >= 0.6 is 0 Å².